The minimum Gasteiger partial charge on any atom is -0.348 e. The number of amides is 2. The third-order valence-electron chi connectivity index (χ3n) is 5.40. The molecule has 3 N–H and O–H groups in total. The van der Waals surface area contributed by atoms with Crippen molar-refractivity contribution in [3.05, 3.63) is 95.1 Å². The summed E-state index contributed by atoms with van der Waals surface area (Å²) in [5.74, 6) is 0.209. The zero-order chi connectivity index (χ0) is 23.2. The highest BCUT2D eigenvalue weighted by Crippen LogP contribution is 2.17. The molecule has 0 fully saturated rings. The zero-order valence-corrected chi connectivity index (χ0v) is 18.3. The van der Waals surface area contributed by atoms with Crippen LogP contribution in [0.15, 0.2) is 66.7 Å². The van der Waals surface area contributed by atoms with Gasteiger partial charge in [0.15, 0.2) is 0 Å². The van der Waals surface area contributed by atoms with Crippen molar-refractivity contribution in [1.82, 2.24) is 15.3 Å². The van der Waals surface area contributed by atoms with E-state index < -0.39 is 0 Å². The van der Waals surface area contributed by atoms with E-state index >= 15 is 0 Å². The molecule has 0 bridgehead atoms. The topological polar surface area (TPSA) is 86.9 Å². The number of nitrogens with zero attached hydrogens (tertiary/aromatic N) is 1. The lowest BCUT2D eigenvalue weighted by Gasteiger charge is -2.06. The lowest BCUT2D eigenvalue weighted by molar-refractivity contribution is -0.115. The Balaban J connectivity index is 1.37. The first-order valence-corrected chi connectivity index (χ1v) is 10.9. The Bertz CT molecular complexity index is 1280. The number of carbonyl (C=O) groups is 2. The maximum atomic E-state index is 13.8. The predicted octanol–water partition coefficient (Wildman–Crippen LogP) is 4.77. The molecule has 4 rings (SSSR count). The molecule has 2 amide bonds. The molecule has 1 heterocycles. The van der Waals surface area contributed by atoms with E-state index in [9.17, 15) is 14.0 Å². The Morgan fingerprint density at radius 2 is 1.79 bits per heavy atom. The summed E-state index contributed by atoms with van der Waals surface area (Å²) < 4.78 is 13.8. The molecule has 7 heteroatoms. The highest BCUT2D eigenvalue weighted by molar-refractivity contribution is 5.97. The summed E-state index contributed by atoms with van der Waals surface area (Å²) in [4.78, 5) is 31.9. The molecule has 3 aromatic carbocycles. The lowest BCUT2D eigenvalue weighted by atomic mass is 10.1. The summed E-state index contributed by atoms with van der Waals surface area (Å²) in [6.45, 7) is 1.94. The summed E-state index contributed by atoms with van der Waals surface area (Å²) in [6.07, 6.45) is 1.95. The van der Waals surface area contributed by atoms with Gasteiger partial charge in [0, 0.05) is 36.2 Å². The first kappa shape index (κ1) is 22.2. The first-order chi connectivity index (χ1) is 16.0. The van der Waals surface area contributed by atoms with E-state index in [2.05, 4.69) is 20.6 Å². The Morgan fingerprint density at radius 1 is 1.00 bits per heavy atom. The molecule has 0 radical (unpaired) electrons. The van der Waals surface area contributed by atoms with Crippen LogP contribution in [0.1, 0.15) is 40.7 Å². The van der Waals surface area contributed by atoms with Crippen LogP contribution in [0.25, 0.3) is 11.0 Å². The number of anilines is 1. The number of imidazole rings is 1. The highest BCUT2D eigenvalue weighted by atomic mass is 19.1. The van der Waals surface area contributed by atoms with Crippen LogP contribution in [0.3, 0.4) is 0 Å². The molecule has 0 atom stereocenters. The fourth-order valence-corrected chi connectivity index (χ4v) is 3.51. The summed E-state index contributed by atoms with van der Waals surface area (Å²) in [5.41, 5.74) is 4.41. The van der Waals surface area contributed by atoms with Crippen molar-refractivity contribution in [3.63, 3.8) is 0 Å². The molecule has 0 saturated carbocycles. The van der Waals surface area contributed by atoms with Crippen molar-refractivity contribution in [3.8, 4) is 0 Å². The number of H-pyrrole nitrogens is 1. The molecule has 33 heavy (non-hydrogen) atoms. The number of nitrogens with one attached hydrogen (secondary N) is 3. The van der Waals surface area contributed by atoms with Gasteiger partial charge in [-0.15, -0.1) is 0 Å². The quantitative estimate of drug-likeness (QED) is 0.366. The number of fused-ring (bicyclic) bond motifs is 1. The number of benzene rings is 3. The number of rotatable bonds is 8. The number of aromatic nitrogens is 2. The summed E-state index contributed by atoms with van der Waals surface area (Å²) in [6, 6.07) is 19.4. The van der Waals surface area contributed by atoms with Crippen LogP contribution in [0.4, 0.5) is 10.1 Å². The molecule has 1 aromatic heterocycles. The van der Waals surface area contributed by atoms with E-state index in [0.29, 0.717) is 24.0 Å². The van der Waals surface area contributed by atoms with Crippen LogP contribution in [0.2, 0.25) is 0 Å². The molecule has 6 nitrogen and oxygen atoms in total. The van der Waals surface area contributed by atoms with Crippen molar-refractivity contribution >= 4 is 28.5 Å². The fourth-order valence-electron chi connectivity index (χ4n) is 3.51. The Morgan fingerprint density at radius 3 is 2.55 bits per heavy atom. The van der Waals surface area contributed by atoms with Gasteiger partial charge in [0.05, 0.1) is 11.0 Å². The van der Waals surface area contributed by atoms with E-state index in [1.165, 1.54) is 6.07 Å². The molecule has 168 valence electrons. The second-order valence-corrected chi connectivity index (χ2v) is 7.79. The molecule has 0 saturated heterocycles. The largest absolute Gasteiger partial charge is 0.348 e. The van der Waals surface area contributed by atoms with Gasteiger partial charge in [-0.3, -0.25) is 9.59 Å². The molecule has 0 aliphatic rings. The number of halogens is 1. The van der Waals surface area contributed by atoms with Gasteiger partial charge >= 0.3 is 0 Å². The minimum absolute atomic E-state index is 0.00898. The van der Waals surface area contributed by atoms with Crippen LogP contribution in [-0.2, 0) is 24.2 Å². The Kier molecular flexibility index (Phi) is 6.78. The molecular formula is C26H25FN4O2. The van der Waals surface area contributed by atoms with Crippen molar-refractivity contribution < 1.29 is 14.0 Å². The highest BCUT2D eigenvalue weighted by Gasteiger charge is 2.10. The van der Waals surface area contributed by atoms with E-state index in [0.717, 1.165) is 34.5 Å². The SMILES string of the molecule is CCC(=O)Nc1ccc(CCc2nc3ccc(C(=O)NCc4ccccc4F)cc3[nH]2)cc1. The smallest absolute Gasteiger partial charge is 0.251 e. The minimum atomic E-state index is -0.341. The lowest BCUT2D eigenvalue weighted by Crippen LogP contribution is -2.23. The third-order valence-corrected chi connectivity index (χ3v) is 5.40. The van der Waals surface area contributed by atoms with Gasteiger partial charge < -0.3 is 15.6 Å². The summed E-state index contributed by atoms with van der Waals surface area (Å²) in [5, 5.41) is 5.59. The van der Waals surface area contributed by atoms with Crippen molar-refractivity contribution in [2.24, 2.45) is 0 Å². The molecule has 0 aliphatic carbocycles. The van der Waals surface area contributed by atoms with Crippen LogP contribution < -0.4 is 10.6 Å². The van der Waals surface area contributed by atoms with Crippen LogP contribution in [0, 0.1) is 5.82 Å². The van der Waals surface area contributed by atoms with E-state index in [4.69, 9.17) is 0 Å². The second-order valence-electron chi connectivity index (χ2n) is 7.79. The van der Waals surface area contributed by atoms with Gasteiger partial charge in [-0.2, -0.15) is 0 Å². The van der Waals surface area contributed by atoms with Crippen molar-refractivity contribution in [1.29, 1.82) is 0 Å². The predicted molar refractivity (Wildman–Crippen MR) is 126 cm³/mol. The molecule has 0 aliphatic heterocycles. The number of hydrogen-bond donors (Lipinski definition) is 3. The first-order valence-electron chi connectivity index (χ1n) is 10.9. The average Bonchev–Trinajstić information content (AvgIpc) is 3.25. The van der Waals surface area contributed by atoms with Gasteiger partial charge in [-0.25, -0.2) is 9.37 Å². The monoisotopic (exact) mass is 444 g/mol. The second kappa shape index (κ2) is 10.1. The van der Waals surface area contributed by atoms with Crippen molar-refractivity contribution in [2.45, 2.75) is 32.7 Å². The maximum absolute atomic E-state index is 13.8. The van der Waals surface area contributed by atoms with Crippen LogP contribution in [-0.4, -0.2) is 21.8 Å². The van der Waals surface area contributed by atoms with Gasteiger partial charge in [0.1, 0.15) is 11.6 Å². The summed E-state index contributed by atoms with van der Waals surface area (Å²) >= 11 is 0. The Hall–Kier alpha value is -4.00. The normalized spacial score (nSPS) is 10.8. The molecule has 4 aromatic rings. The average molecular weight is 445 g/mol. The van der Waals surface area contributed by atoms with E-state index in [1.54, 1.807) is 36.4 Å². The molecular weight excluding hydrogens is 419 g/mol. The molecule has 0 unspecified atom stereocenters. The number of aryl methyl sites for hydroxylation is 2. The number of hydrogen-bond acceptors (Lipinski definition) is 3. The molecule has 0 spiro atoms. The third kappa shape index (κ3) is 5.63. The van der Waals surface area contributed by atoms with Gasteiger partial charge in [0.2, 0.25) is 5.91 Å². The number of carbonyl (C=O) groups excluding carboxylic acids is 2. The number of aromatic amines is 1. The van der Waals surface area contributed by atoms with Gasteiger partial charge in [0.25, 0.3) is 5.91 Å². The van der Waals surface area contributed by atoms with Gasteiger partial charge in [-0.05, 0) is 48.4 Å². The van der Waals surface area contributed by atoms with Gasteiger partial charge in [-0.1, -0.05) is 37.3 Å². The van der Waals surface area contributed by atoms with Crippen LogP contribution >= 0.6 is 0 Å². The van der Waals surface area contributed by atoms with E-state index in [1.807, 2.05) is 31.2 Å². The van der Waals surface area contributed by atoms with Crippen molar-refractivity contribution in [2.75, 3.05) is 5.32 Å². The Labute approximate surface area is 191 Å². The summed E-state index contributed by atoms with van der Waals surface area (Å²) in [7, 11) is 0. The van der Waals surface area contributed by atoms with Crippen LogP contribution in [0.5, 0.6) is 0 Å². The zero-order valence-electron chi connectivity index (χ0n) is 18.3. The maximum Gasteiger partial charge on any atom is 0.251 e. The fraction of sp³-hybridized carbons (Fsp3) is 0.192. The van der Waals surface area contributed by atoms with E-state index in [-0.39, 0.29) is 24.2 Å². The standard InChI is InChI=1S/C26H25FN4O2/c1-2-25(32)29-20-11-7-17(8-12-20)9-14-24-30-22-13-10-18(15-23(22)31-24)26(33)28-16-19-5-3-4-6-21(19)27/h3-8,10-13,15H,2,9,14,16H2,1H3,(H,28,33)(H,29,32)(H,30,31).